The summed E-state index contributed by atoms with van der Waals surface area (Å²) in [5.41, 5.74) is 0.814. The molecule has 1 atom stereocenters. The molecule has 0 radical (unpaired) electrons. The molecule has 1 nitrogen and oxygen atoms in total. The normalized spacial score (nSPS) is 18.4. The Morgan fingerprint density at radius 1 is 1.21 bits per heavy atom. The molecule has 1 aromatic carbocycles. The third-order valence-corrected chi connectivity index (χ3v) is 4.36. The van der Waals surface area contributed by atoms with Crippen LogP contribution >= 0.6 is 0 Å². The van der Waals surface area contributed by atoms with Gasteiger partial charge in [0.1, 0.15) is 5.82 Å². The first-order valence-electron chi connectivity index (χ1n) is 7.79. The molecular formula is C17H26FN. The minimum Gasteiger partial charge on any atom is -0.310 e. The molecule has 0 saturated heterocycles. The predicted octanol–water partition coefficient (Wildman–Crippen LogP) is 4.84. The quantitative estimate of drug-likeness (QED) is 0.774. The Hall–Kier alpha value is -0.890. The summed E-state index contributed by atoms with van der Waals surface area (Å²) in [5.74, 6) is 0.805. The lowest BCUT2D eigenvalue weighted by Crippen LogP contribution is -2.25. The standard InChI is InChI=1S/C17H26FN/c1-2-17(15-10-6-7-11-16(15)18)19-13-12-14-8-4-3-5-9-14/h6-7,10-11,14,17,19H,2-5,8-9,12-13H2,1H3. The van der Waals surface area contributed by atoms with Crippen LogP contribution in [0.4, 0.5) is 4.39 Å². The number of benzene rings is 1. The Labute approximate surface area is 116 Å². The van der Waals surface area contributed by atoms with E-state index >= 15 is 0 Å². The van der Waals surface area contributed by atoms with Gasteiger partial charge in [0, 0.05) is 11.6 Å². The van der Waals surface area contributed by atoms with Crippen LogP contribution < -0.4 is 5.32 Å². The van der Waals surface area contributed by atoms with Gasteiger partial charge in [0.2, 0.25) is 0 Å². The summed E-state index contributed by atoms with van der Waals surface area (Å²) >= 11 is 0. The first-order chi connectivity index (χ1) is 9.31. The Kier molecular flexibility index (Phi) is 5.84. The molecule has 1 aromatic rings. The highest BCUT2D eigenvalue weighted by molar-refractivity contribution is 5.21. The summed E-state index contributed by atoms with van der Waals surface area (Å²) in [6.45, 7) is 3.13. The lowest BCUT2D eigenvalue weighted by molar-refractivity contribution is 0.326. The fraction of sp³-hybridized carbons (Fsp3) is 0.647. The minimum absolute atomic E-state index is 0.0838. The average Bonchev–Trinajstić information content (AvgIpc) is 2.46. The molecule has 0 aliphatic heterocycles. The molecule has 0 aromatic heterocycles. The SMILES string of the molecule is CCC(NCCC1CCCCC1)c1ccccc1F. The second-order valence-electron chi connectivity index (χ2n) is 5.73. The van der Waals surface area contributed by atoms with Crippen LogP contribution in [0.1, 0.15) is 63.5 Å². The molecule has 2 heteroatoms. The van der Waals surface area contributed by atoms with Crippen molar-refractivity contribution >= 4 is 0 Å². The molecule has 1 aliphatic rings. The molecule has 1 aliphatic carbocycles. The van der Waals surface area contributed by atoms with Crippen LogP contribution in [0.3, 0.4) is 0 Å². The van der Waals surface area contributed by atoms with E-state index in [1.165, 1.54) is 38.5 Å². The third-order valence-electron chi connectivity index (χ3n) is 4.36. The Morgan fingerprint density at radius 3 is 2.63 bits per heavy atom. The third kappa shape index (κ3) is 4.31. The van der Waals surface area contributed by atoms with Gasteiger partial charge in [-0.1, -0.05) is 57.2 Å². The number of rotatable bonds is 6. The van der Waals surface area contributed by atoms with Gasteiger partial charge in [-0.05, 0) is 31.4 Å². The van der Waals surface area contributed by atoms with E-state index < -0.39 is 0 Å². The highest BCUT2D eigenvalue weighted by Gasteiger charge is 2.15. The second-order valence-corrected chi connectivity index (χ2v) is 5.73. The van der Waals surface area contributed by atoms with Gasteiger partial charge in [-0.15, -0.1) is 0 Å². The molecule has 0 heterocycles. The number of hydrogen-bond donors (Lipinski definition) is 1. The predicted molar refractivity (Wildman–Crippen MR) is 78.6 cm³/mol. The van der Waals surface area contributed by atoms with E-state index in [9.17, 15) is 4.39 Å². The summed E-state index contributed by atoms with van der Waals surface area (Å²) in [7, 11) is 0. The van der Waals surface area contributed by atoms with Crippen LogP contribution in [0.5, 0.6) is 0 Å². The van der Waals surface area contributed by atoms with Crippen LogP contribution in [0, 0.1) is 11.7 Å². The van der Waals surface area contributed by atoms with E-state index in [0.717, 1.165) is 24.4 Å². The highest BCUT2D eigenvalue weighted by Crippen LogP contribution is 2.26. The molecule has 1 fully saturated rings. The second kappa shape index (κ2) is 7.64. The van der Waals surface area contributed by atoms with E-state index in [0.29, 0.717) is 0 Å². The molecular weight excluding hydrogens is 237 g/mol. The van der Waals surface area contributed by atoms with Crippen LogP contribution in [0.15, 0.2) is 24.3 Å². The molecule has 1 N–H and O–H groups in total. The zero-order valence-corrected chi connectivity index (χ0v) is 12.0. The van der Waals surface area contributed by atoms with E-state index in [1.807, 2.05) is 12.1 Å². The van der Waals surface area contributed by atoms with Gasteiger partial charge in [0.15, 0.2) is 0 Å². The monoisotopic (exact) mass is 263 g/mol. The summed E-state index contributed by atoms with van der Waals surface area (Å²) in [5, 5.41) is 3.53. The van der Waals surface area contributed by atoms with E-state index in [4.69, 9.17) is 0 Å². The lowest BCUT2D eigenvalue weighted by Gasteiger charge is -2.23. The number of hydrogen-bond acceptors (Lipinski definition) is 1. The number of nitrogens with one attached hydrogen (secondary N) is 1. The van der Waals surface area contributed by atoms with E-state index in [2.05, 4.69) is 12.2 Å². The maximum absolute atomic E-state index is 13.8. The summed E-state index contributed by atoms with van der Waals surface area (Å²) < 4.78 is 13.8. The molecule has 1 saturated carbocycles. The smallest absolute Gasteiger partial charge is 0.127 e. The molecule has 2 rings (SSSR count). The minimum atomic E-state index is -0.0838. The van der Waals surface area contributed by atoms with Gasteiger partial charge >= 0.3 is 0 Å². The van der Waals surface area contributed by atoms with Crippen molar-refractivity contribution in [1.82, 2.24) is 5.32 Å². The van der Waals surface area contributed by atoms with Crippen LogP contribution in [0.25, 0.3) is 0 Å². The van der Waals surface area contributed by atoms with Gasteiger partial charge in [-0.3, -0.25) is 0 Å². The summed E-state index contributed by atoms with van der Waals surface area (Å²) in [6.07, 6.45) is 9.16. The van der Waals surface area contributed by atoms with Crippen molar-refractivity contribution in [2.75, 3.05) is 6.54 Å². The maximum Gasteiger partial charge on any atom is 0.127 e. The fourth-order valence-electron chi connectivity index (χ4n) is 3.17. The Bertz CT molecular complexity index is 371. The highest BCUT2D eigenvalue weighted by atomic mass is 19.1. The summed E-state index contributed by atoms with van der Waals surface area (Å²) in [4.78, 5) is 0. The zero-order valence-electron chi connectivity index (χ0n) is 12.0. The molecule has 106 valence electrons. The topological polar surface area (TPSA) is 12.0 Å². The van der Waals surface area contributed by atoms with Crippen LogP contribution in [-0.4, -0.2) is 6.54 Å². The Morgan fingerprint density at radius 2 is 1.95 bits per heavy atom. The summed E-state index contributed by atoms with van der Waals surface area (Å²) in [6, 6.07) is 7.29. The van der Waals surface area contributed by atoms with Crippen molar-refractivity contribution in [3.8, 4) is 0 Å². The van der Waals surface area contributed by atoms with Crippen LogP contribution in [-0.2, 0) is 0 Å². The molecule has 0 amide bonds. The van der Waals surface area contributed by atoms with Crippen molar-refractivity contribution in [3.05, 3.63) is 35.6 Å². The first kappa shape index (κ1) is 14.5. The molecule has 19 heavy (non-hydrogen) atoms. The lowest BCUT2D eigenvalue weighted by atomic mass is 9.87. The van der Waals surface area contributed by atoms with E-state index in [-0.39, 0.29) is 11.9 Å². The van der Waals surface area contributed by atoms with Crippen molar-refractivity contribution in [2.24, 2.45) is 5.92 Å². The largest absolute Gasteiger partial charge is 0.310 e. The van der Waals surface area contributed by atoms with Crippen LogP contribution in [0.2, 0.25) is 0 Å². The van der Waals surface area contributed by atoms with Gasteiger partial charge in [-0.25, -0.2) is 4.39 Å². The van der Waals surface area contributed by atoms with Crippen molar-refractivity contribution < 1.29 is 4.39 Å². The van der Waals surface area contributed by atoms with Crippen molar-refractivity contribution in [3.63, 3.8) is 0 Å². The van der Waals surface area contributed by atoms with Gasteiger partial charge in [-0.2, -0.15) is 0 Å². The molecule has 0 bridgehead atoms. The Balaban J connectivity index is 1.81. The van der Waals surface area contributed by atoms with E-state index in [1.54, 1.807) is 12.1 Å². The zero-order chi connectivity index (χ0) is 13.5. The van der Waals surface area contributed by atoms with Crippen molar-refractivity contribution in [2.45, 2.75) is 57.9 Å². The number of halogens is 1. The van der Waals surface area contributed by atoms with Gasteiger partial charge in [0.05, 0.1) is 0 Å². The maximum atomic E-state index is 13.8. The van der Waals surface area contributed by atoms with Crippen molar-refractivity contribution in [1.29, 1.82) is 0 Å². The van der Waals surface area contributed by atoms with Gasteiger partial charge < -0.3 is 5.32 Å². The molecule has 1 unspecified atom stereocenters. The fourth-order valence-corrected chi connectivity index (χ4v) is 3.17. The average molecular weight is 263 g/mol. The molecule has 0 spiro atoms. The first-order valence-corrected chi connectivity index (χ1v) is 7.79. The van der Waals surface area contributed by atoms with Gasteiger partial charge in [0.25, 0.3) is 0 Å².